The van der Waals surface area contributed by atoms with Gasteiger partial charge in [-0.25, -0.2) is 0 Å². The topological polar surface area (TPSA) is 17.1 Å². The van der Waals surface area contributed by atoms with E-state index in [-0.39, 0.29) is 5.78 Å². The molecule has 0 unspecified atom stereocenters. The molecule has 0 radical (unpaired) electrons. The molecule has 1 aliphatic carbocycles. The molecular formula is C10H12O. The standard InChI is InChI=1S/C10H12O/c1-3-4-5-9-8(2)6-7-10(9)11/h3,6-7H2,1-2H3. The lowest BCUT2D eigenvalue weighted by Crippen LogP contribution is -1.92. The predicted octanol–water partition coefficient (Wildman–Crippen LogP) is 2.08. The van der Waals surface area contributed by atoms with E-state index in [1.54, 1.807) is 0 Å². The Morgan fingerprint density at radius 1 is 1.45 bits per heavy atom. The van der Waals surface area contributed by atoms with Gasteiger partial charge >= 0.3 is 0 Å². The highest BCUT2D eigenvalue weighted by atomic mass is 16.1. The Labute approximate surface area is 67.5 Å². The van der Waals surface area contributed by atoms with Crippen molar-refractivity contribution < 1.29 is 4.79 Å². The molecule has 58 valence electrons. The molecule has 1 heteroatoms. The van der Waals surface area contributed by atoms with Crippen LogP contribution in [0.3, 0.4) is 0 Å². The van der Waals surface area contributed by atoms with E-state index in [0.29, 0.717) is 6.42 Å². The molecule has 0 saturated carbocycles. The van der Waals surface area contributed by atoms with E-state index in [2.05, 4.69) is 11.8 Å². The summed E-state index contributed by atoms with van der Waals surface area (Å²) in [6.45, 7) is 3.98. The Balaban J connectivity index is 2.83. The average Bonchev–Trinajstić information content (AvgIpc) is 2.29. The Morgan fingerprint density at radius 2 is 2.18 bits per heavy atom. The van der Waals surface area contributed by atoms with Gasteiger partial charge in [0.1, 0.15) is 0 Å². The summed E-state index contributed by atoms with van der Waals surface area (Å²) >= 11 is 0. The maximum Gasteiger partial charge on any atom is 0.171 e. The third kappa shape index (κ3) is 1.71. The quantitative estimate of drug-likeness (QED) is 0.481. The normalized spacial score (nSPS) is 16.7. The van der Waals surface area contributed by atoms with Gasteiger partial charge < -0.3 is 0 Å². The van der Waals surface area contributed by atoms with Gasteiger partial charge in [-0.05, 0) is 13.3 Å². The molecule has 0 aliphatic heterocycles. The number of carbonyl (C=O) groups excluding carboxylic acids is 1. The summed E-state index contributed by atoms with van der Waals surface area (Å²) in [5, 5.41) is 0. The first-order chi connectivity index (χ1) is 5.25. The second-order valence-corrected chi connectivity index (χ2v) is 2.73. The zero-order valence-corrected chi connectivity index (χ0v) is 7.03. The van der Waals surface area contributed by atoms with Crippen molar-refractivity contribution in [3.63, 3.8) is 0 Å². The van der Waals surface area contributed by atoms with Crippen LogP contribution in [-0.4, -0.2) is 5.78 Å². The van der Waals surface area contributed by atoms with Crippen LogP contribution in [0.15, 0.2) is 11.1 Å². The zero-order valence-electron chi connectivity index (χ0n) is 7.03. The van der Waals surface area contributed by atoms with Gasteiger partial charge in [0.05, 0.1) is 5.57 Å². The molecule has 0 bridgehead atoms. The molecule has 0 aromatic rings. The molecule has 11 heavy (non-hydrogen) atoms. The SMILES string of the molecule is CCC#CC1=C(C)CCC1=O. The Kier molecular flexibility index (Phi) is 2.48. The zero-order chi connectivity index (χ0) is 8.27. The maximum atomic E-state index is 11.1. The highest BCUT2D eigenvalue weighted by Gasteiger charge is 2.17. The molecule has 0 amide bonds. The van der Waals surface area contributed by atoms with Crippen molar-refractivity contribution in [2.75, 3.05) is 0 Å². The van der Waals surface area contributed by atoms with Crippen LogP contribution in [0.5, 0.6) is 0 Å². The first-order valence-corrected chi connectivity index (χ1v) is 3.97. The van der Waals surface area contributed by atoms with Crippen molar-refractivity contribution in [2.45, 2.75) is 33.1 Å². The third-order valence-corrected chi connectivity index (χ3v) is 1.82. The summed E-state index contributed by atoms with van der Waals surface area (Å²) in [5.74, 6) is 6.06. The predicted molar refractivity (Wildman–Crippen MR) is 45.0 cm³/mol. The van der Waals surface area contributed by atoms with Crippen LogP contribution >= 0.6 is 0 Å². The highest BCUT2D eigenvalue weighted by molar-refractivity contribution is 6.02. The summed E-state index contributed by atoms with van der Waals surface area (Å²) in [6, 6.07) is 0. The van der Waals surface area contributed by atoms with E-state index in [9.17, 15) is 4.79 Å². The fourth-order valence-corrected chi connectivity index (χ4v) is 1.14. The monoisotopic (exact) mass is 148 g/mol. The first kappa shape index (κ1) is 8.07. The summed E-state index contributed by atoms with van der Waals surface area (Å²) in [6.07, 6.45) is 2.40. The molecule has 0 N–H and O–H groups in total. The van der Waals surface area contributed by atoms with Gasteiger partial charge in [0, 0.05) is 12.8 Å². The van der Waals surface area contributed by atoms with Crippen LogP contribution in [0, 0.1) is 11.8 Å². The van der Waals surface area contributed by atoms with Crippen molar-refractivity contribution in [3.8, 4) is 11.8 Å². The number of carbonyl (C=O) groups is 1. The lowest BCUT2D eigenvalue weighted by Gasteiger charge is -1.87. The van der Waals surface area contributed by atoms with Gasteiger partial charge in [0.2, 0.25) is 0 Å². The minimum atomic E-state index is 0.225. The van der Waals surface area contributed by atoms with Crippen LogP contribution in [0.1, 0.15) is 33.1 Å². The number of hydrogen-bond acceptors (Lipinski definition) is 1. The Bertz CT molecular complexity index is 260. The average molecular weight is 148 g/mol. The van der Waals surface area contributed by atoms with E-state index in [0.717, 1.165) is 24.0 Å². The lowest BCUT2D eigenvalue weighted by molar-refractivity contribution is -0.114. The number of allylic oxidation sites excluding steroid dienone is 2. The molecule has 0 aromatic heterocycles. The molecule has 0 fully saturated rings. The molecule has 1 rings (SSSR count). The van der Waals surface area contributed by atoms with E-state index >= 15 is 0 Å². The number of rotatable bonds is 0. The summed E-state index contributed by atoms with van der Waals surface area (Å²) < 4.78 is 0. The summed E-state index contributed by atoms with van der Waals surface area (Å²) in [4.78, 5) is 11.1. The van der Waals surface area contributed by atoms with Crippen LogP contribution in [-0.2, 0) is 4.79 Å². The summed E-state index contributed by atoms with van der Waals surface area (Å²) in [5.41, 5.74) is 1.93. The molecule has 0 heterocycles. The molecule has 1 nitrogen and oxygen atoms in total. The first-order valence-electron chi connectivity index (χ1n) is 3.97. The molecule has 0 atom stereocenters. The van der Waals surface area contributed by atoms with Crippen LogP contribution in [0.2, 0.25) is 0 Å². The van der Waals surface area contributed by atoms with E-state index in [1.165, 1.54) is 0 Å². The van der Waals surface area contributed by atoms with E-state index in [1.807, 2.05) is 13.8 Å². The van der Waals surface area contributed by atoms with Gasteiger partial charge in [-0.3, -0.25) is 4.79 Å². The molecule has 0 saturated heterocycles. The molecule has 1 aliphatic rings. The lowest BCUT2D eigenvalue weighted by atomic mass is 10.2. The second-order valence-electron chi connectivity index (χ2n) is 2.73. The van der Waals surface area contributed by atoms with E-state index in [4.69, 9.17) is 0 Å². The minimum absolute atomic E-state index is 0.225. The van der Waals surface area contributed by atoms with Crippen LogP contribution in [0.4, 0.5) is 0 Å². The fraction of sp³-hybridized carbons (Fsp3) is 0.500. The van der Waals surface area contributed by atoms with E-state index < -0.39 is 0 Å². The van der Waals surface area contributed by atoms with Gasteiger partial charge in [-0.15, -0.1) is 0 Å². The number of Topliss-reactive ketones (excluding diaryl/α,β-unsaturated/α-hetero) is 1. The third-order valence-electron chi connectivity index (χ3n) is 1.82. The van der Waals surface area contributed by atoms with Crippen molar-refractivity contribution in [1.82, 2.24) is 0 Å². The molecular weight excluding hydrogens is 136 g/mol. The van der Waals surface area contributed by atoms with Crippen molar-refractivity contribution in [2.24, 2.45) is 0 Å². The van der Waals surface area contributed by atoms with Crippen LogP contribution in [0.25, 0.3) is 0 Å². The number of ketones is 1. The Hall–Kier alpha value is -1.03. The smallest absolute Gasteiger partial charge is 0.171 e. The fourth-order valence-electron chi connectivity index (χ4n) is 1.14. The number of hydrogen-bond donors (Lipinski definition) is 0. The summed E-state index contributed by atoms with van der Waals surface area (Å²) in [7, 11) is 0. The van der Waals surface area contributed by atoms with Gasteiger partial charge in [-0.2, -0.15) is 0 Å². The minimum Gasteiger partial charge on any atom is -0.293 e. The van der Waals surface area contributed by atoms with Crippen molar-refractivity contribution in [3.05, 3.63) is 11.1 Å². The Morgan fingerprint density at radius 3 is 2.64 bits per heavy atom. The van der Waals surface area contributed by atoms with Gasteiger partial charge in [0.25, 0.3) is 0 Å². The largest absolute Gasteiger partial charge is 0.293 e. The van der Waals surface area contributed by atoms with Crippen molar-refractivity contribution in [1.29, 1.82) is 0 Å². The highest BCUT2D eigenvalue weighted by Crippen LogP contribution is 2.21. The van der Waals surface area contributed by atoms with Crippen molar-refractivity contribution >= 4 is 5.78 Å². The van der Waals surface area contributed by atoms with Crippen LogP contribution < -0.4 is 0 Å². The van der Waals surface area contributed by atoms with Gasteiger partial charge in [0.15, 0.2) is 5.78 Å². The maximum absolute atomic E-state index is 11.1. The molecule has 0 spiro atoms. The molecule has 0 aromatic carbocycles. The van der Waals surface area contributed by atoms with Gasteiger partial charge in [-0.1, -0.05) is 24.3 Å². The second kappa shape index (κ2) is 3.39.